The fraction of sp³-hybridized carbons (Fsp3) is 0.238. The number of nitrogens with zero attached hydrogens (tertiary/aromatic N) is 2. The third-order valence-corrected chi connectivity index (χ3v) is 4.80. The molecule has 140 valence electrons. The van der Waals surface area contributed by atoms with Gasteiger partial charge in [0.1, 0.15) is 12.4 Å². The van der Waals surface area contributed by atoms with Gasteiger partial charge in [-0.1, -0.05) is 28.1 Å². The zero-order chi connectivity index (χ0) is 19.4. The molecule has 3 rings (SSSR count). The Bertz CT molecular complexity index is 935. The zero-order valence-electron chi connectivity index (χ0n) is 15.6. The number of aryl methyl sites for hydroxylation is 2. The van der Waals surface area contributed by atoms with E-state index < -0.39 is 0 Å². The predicted octanol–water partition coefficient (Wildman–Crippen LogP) is 4.56. The number of carbonyl (C=O) groups excluding carboxylic acids is 1. The van der Waals surface area contributed by atoms with Crippen molar-refractivity contribution in [2.24, 2.45) is 7.05 Å². The lowest BCUT2D eigenvalue weighted by Crippen LogP contribution is -2.27. The summed E-state index contributed by atoms with van der Waals surface area (Å²) in [6.45, 7) is 4.31. The minimum Gasteiger partial charge on any atom is -0.489 e. The normalized spacial score (nSPS) is 11.9. The number of halogens is 1. The number of nitrogens with one attached hydrogen (secondary N) is 1. The molecule has 6 heteroatoms. The van der Waals surface area contributed by atoms with Gasteiger partial charge in [-0.15, -0.1) is 0 Å². The van der Waals surface area contributed by atoms with Crippen LogP contribution in [0.1, 0.15) is 40.1 Å². The van der Waals surface area contributed by atoms with Crippen LogP contribution in [0.2, 0.25) is 0 Å². The second-order valence-corrected chi connectivity index (χ2v) is 7.40. The van der Waals surface area contributed by atoms with Crippen molar-refractivity contribution in [1.29, 1.82) is 0 Å². The molecule has 1 unspecified atom stereocenters. The molecule has 0 aliphatic rings. The van der Waals surface area contributed by atoms with E-state index in [0.29, 0.717) is 12.2 Å². The number of hydrogen-bond donors (Lipinski definition) is 1. The van der Waals surface area contributed by atoms with Crippen LogP contribution in [0.3, 0.4) is 0 Å². The van der Waals surface area contributed by atoms with E-state index in [-0.39, 0.29) is 11.9 Å². The van der Waals surface area contributed by atoms with Gasteiger partial charge in [-0.3, -0.25) is 9.48 Å². The fourth-order valence-corrected chi connectivity index (χ4v) is 3.16. The molecule has 27 heavy (non-hydrogen) atoms. The lowest BCUT2D eigenvalue weighted by atomic mass is 10.1. The van der Waals surface area contributed by atoms with Crippen molar-refractivity contribution < 1.29 is 9.53 Å². The molecule has 1 heterocycles. The van der Waals surface area contributed by atoms with Crippen molar-refractivity contribution in [3.63, 3.8) is 0 Å². The summed E-state index contributed by atoms with van der Waals surface area (Å²) in [5.74, 6) is 0.671. The lowest BCUT2D eigenvalue weighted by molar-refractivity contribution is 0.0939. The molecule has 1 atom stereocenters. The number of carbonyl (C=O) groups is 1. The van der Waals surface area contributed by atoms with Crippen LogP contribution >= 0.6 is 15.9 Å². The highest BCUT2D eigenvalue weighted by Crippen LogP contribution is 2.19. The SMILES string of the molecule is Cc1nn(C)cc1C(C)NC(=O)c1cccc(COc2ccc(Br)cc2)c1. The first-order chi connectivity index (χ1) is 12.9. The Morgan fingerprint density at radius 1 is 1.26 bits per heavy atom. The second-order valence-electron chi connectivity index (χ2n) is 6.48. The highest BCUT2D eigenvalue weighted by atomic mass is 79.9. The molecule has 0 saturated carbocycles. The molecule has 0 aliphatic carbocycles. The number of ether oxygens (including phenoxy) is 1. The third kappa shape index (κ3) is 4.98. The first-order valence-electron chi connectivity index (χ1n) is 8.70. The smallest absolute Gasteiger partial charge is 0.251 e. The van der Waals surface area contributed by atoms with Gasteiger partial charge in [0.2, 0.25) is 0 Å². The van der Waals surface area contributed by atoms with E-state index in [9.17, 15) is 4.79 Å². The summed E-state index contributed by atoms with van der Waals surface area (Å²) in [5, 5.41) is 7.37. The van der Waals surface area contributed by atoms with Crippen molar-refractivity contribution in [2.45, 2.75) is 26.5 Å². The van der Waals surface area contributed by atoms with Gasteiger partial charge in [-0.25, -0.2) is 0 Å². The molecule has 0 aliphatic heterocycles. The second kappa shape index (κ2) is 8.39. The molecule has 0 saturated heterocycles. The number of hydrogen-bond acceptors (Lipinski definition) is 3. The Labute approximate surface area is 167 Å². The Kier molecular flexibility index (Phi) is 5.96. The molecule has 0 spiro atoms. The van der Waals surface area contributed by atoms with Crippen molar-refractivity contribution in [2.75, 3.05) is 0 Å². The Morgan fingerprint density at radius 2 is 2.00 bits per heavy atom. The van der Waals surface area contributed by atoms with Crippen LogP contribution in [0.4, 0.5) is 0 Å². The van der Waals surface area contributed by atoms with Gasteiger partial charge >= 0.3 is 0 Å². The molecule has 2 aromatic carbocycles. The maximum atomic E-state index is 12.6. The number of amides is 1. The molecule has 0 fully saturated rings. The molecule has 1 amide bonds. The minimum absolute atomic E-state index is 0.115. The van der Waals surface area contributed by atoms with E-state index in [1.807, 2.05) is 69.6 Å². The van der Waals surface area contributed by atoms with Gasteiger partial charge < -0.3 is 10.1 Å². The van der Waals surface area contributed by atoms with E-state index in [2.05, 4.69) is 26.3 Å². The summed E-state index contributed by atoms with van der Waals surface area (Å²) < 4.78 is 8.55. The quantitative estimate of drug-likeness (QED) is 0.626. The number of rotatable bonds is 6. The average molecular weight is 428 g/mol. The summed E-state index contributed by atoms with van der Waals surface area (Å²) in [7, 11) is 1.87. The minimum atomic E-state index is -0.117. The molecular weight excluding hydrogens is 406 g/mol. The summed E-state index contributed by atoms with van der Waals surface area (Å²) in [4.78, 5) is 12.6. The average Bonchev–Trinajstić information content (AvgIpc) is 3.00. The first-order valence-corrected chi connectivity index (χ1v) is 9.50. The molecule has 3 aromatic rings. The Balaban J connectivity index is 1.64. The standard InChI is InChI=1S/C21H22BrN3O2/c1-14(20-12-25(3)24-15(20)2)23-21(26)17-6-4-5-16(11-17)13-27-19-9-7-18(22)8-10-19/h4-12,14H,13H2,1-3H3,(H,23,26). The topological polar surface area (TPSA) is 56.2 Å². The van der Waals surface area contributed by atoms with E-state index in [1.54, 1.807) is 10.7 Å². The molecule has 0 radical (unpaired) electrons. The van der Waals surface area contributed by atoms with Crippen molar-refractivity contribution in [3.05, 3.63) is 81.6 Å². The summed E-state index contributed by atoms with van der Waals surface area (Å²) >= 11 is 3.40. The Morgan fingerprint density at radius 3 is 2.67 bits per heavy atom. The van der Waals surface area contributed by atoms with Crippen molar-refractivity contribution in [1.82, 2.24) is 15.1 Å². The summed E-state index contributed by atoms with van der Waals surface area (Å²) in [6, 6.07) is 15.0. The van der Waals surface area contributed by atoms with Gasteiger partial charge in [-0.2, -0.15) is 5.10 Å². The van der Waals surface area contributed by atoms with Crippen LogP contribution in [0.25, 0.3) is 0 Å². The van der Waals surface area contributed by atoms with E-state index in [4.69, 9.17) is 4.74 Å². The van der Waals surface area contributed by atoms with Crippen LogP contribution in [-0.2, 0) is 13.7 Å². The van der Waals surface area contributed by atoms with Crippen LogP contribution in [-0.4, -0.2) is 15.7 Å². The van der Waals surface area contributed by atoms with E-state index in [1.165, 1.54) is 0 Å². The summed E-state index contributed by atoms with van der Waals surface area (Å²) in [5.41, 5.74) is 3.48. The van der Waals surface area contributed by atoms with Crippen LogP contribution in [0, 0.1) is 6.92 Å². The molecule has 1 N–H and O–H groups in total. The fourth-order valence-electron chi connectivity index (χ4n) is 2.90. The number of aromatic nitrogens is 2. The van der Waals surface area contributed by atoms with Gasteiger partial charge in [0, 0.05) is 28.8 Å². The van der Waals surface area contributed by atoms with Crippen LogP contribution in [0.15, 0.2) is 59.2 Å². The monoisotopic (exact) mass is 427 g/mol. The van der Waals surface area contributed by atoms with Crippen molar-refractivity contribution >= 4 is 21.8 Å². The third-order valence-electron chi connectivity index (χ3n) is 4.27. The van der Waals surface area contributed by atoms with Gasteiger partial charge in [0.05, 0.1) is 11.7 Å². The van der Waals surface area contributed by atoms with Crippen LogP contribution in [0.5, 0.6) is 5.75 Å². The Hall–Kier alpha value is -2.60. The predicted molar refractivity (Wildman–Crippen MR) is 109 cm³/mol. The largest absolute Gasteiger partial charge is 0.489 e. The molecule has 1 aromatic heterocycles. The van der Waals surface area contributed by atoms with Gasteiger partial charge in [0.15, 0.2) is 0 Å². The number of benzene rings is 2. The van der Waals surface area contributed by atoms with Crippen LogP contribution < -0.4 is 10.1 Å². The highest BCUT2D eigenvalue weighted by Gasteiger charge is 2.15. The maximum absolute atomic E-state index is 12.6. The van der Waals surface area contributed by atoms with E-state index >= 15 is 0 Å². The van der Waals surface area contributed by atoms with Crippen molar-refractivity contribution in [3.8, 4) is 5.75 Å². The zero-order valence-corrected chi connectivity index (χ0v) is 17.2. The van der Waals surface area contributed by atoms with Gasteiger partial charge in [-0.05, 0) is 55.8 Å². The maximum Gasteiger partial charge on any atom is 0.251 e. The van der Waals surface area contributed by atoms with E-state index in [0.717, 1.165) is 27.0 Å². The molecular formula is C21H22BrN3O2. The van der Waals surface area contributed by atoms with Gasteiger partial charge in [0.25, 0.3) is 5.91 Å². The molecule has 0 bridgehead atoms. The molecule has 5 nitrogen and oxygen atoms in total. The first kappa shape index (κ1) is 19.2. The summed E-state index contributed by atoms with van der Waals surface area (Å²) in [6.07, 6.45) is 1.93. The highest BCUT2D eigenvalue weighted by molar-refractivity contribution is 9.10. The lowest BCUT2D eigenvalue weighted by Gasteiger charge is -2.14.